The molecular weight excluding hydrogens is 326 g/mol. The summed E-state index contributed by atoms with van der Waals surface area (Å²) in [5.74, 6) is 0.927. The molecule has 0 radical (unpaired) electrons. The van der Waals surface area contributed by atoms with E-state index in [1.807, 2.05) is 0 Å². The Hall–Kier alpha value is -0.850. The summed E-state index contributed by atoms with van der Waals surface area (Å²) in [4.78, 5) is 9.87. The second-order valence-corrected chi connectivity index (χ2v) is 8.30. The molecule has 1 heterocycles. The Morgan fingerprint density at radius 2 is 1.81 bits per heavy atom. The second kappa shape index (κ2) is 11.1. The van der Waals surface area contributed by atoms with E-state index >= 15 is 0 Å². The Kier molecular flexibility index (Phi) is 9.16. The van der Waals surface area contributed by atoms with E-state index in [0.717, 1.165) is 58.2 Å². The maximum Gasteiger partial charge on any atom is 0.191 e. The Labute approximate surface area is 160 Å². The summed E-state index contributed by atoms with van der Waals surface area (Å²) in [6, 6.07) is 0.508. The van der Waals surface area contributed by atoms with E-state index < -0.39 is 0 Å². The van der Waals surface area contributed by atoms with Gasteiger partial charge in [0.2, 0.25) is 0 Å². The molecule has 3 N–H and O–H groups in total. The summed E-state index contributed by atoms with van der Waals surface area (Å²) in [6.45, 7) is 11.9. The lowest BCUT2D eigenvalue weighted by Crippen LogP contribution is -2.52. The maximum absolute atomic E-state index is 9.50. The molecular formula is C20H41N5O. The molecule has 1 aliphatic heterocycles. The van der Waals surface area contributed by atoms with Gasteiger partial charge in [-0.25, -0.2) is 0 Å². The highest BCUT2D eigenvalue weighted by Crippen LogP contribution is 2.39. The second-order valence-electron chi connectivity index (χ2n) is 8.30. The van der Waals surface area contributed by atoms with Gasteiger partial charge in [-0.3, -0.25) is 9.89 Å². The molecule has 0 aromatic heterocycles. The number of nitrogens with zero attached hydrogens (tertiary/aromatic N) is 3. The minimum Gasteiger partial charge on any atom is -0.396 e. The zero-order valence-electron chi connectivity index (χ0n) is 17.3. The molecule has 1 aliphatic carbocycles. The summed E-state index contributed by atoms with van der Waals surface area (Å²) < 4.78 is 0. The van der Waals surface area contributed by atoms with Gasteiger partial charge in [0.15, 0.2) is 5.96 Å². The number of hydrogen-bond acceptors (Lipinski definition) is 4. The largest absolute Gasteiger partial charge is 0.396 e. The summed E-state index contributed by atoms with van der Waals surface area (Å²) >= 11 is 0. The van der Waals surface area contributed by atoms with Crippen LogP contribution in [-0.4, -0.2) is 86.4 Å². The minimum absolute atomic E-state index is 0.207. The SMILES string of the molecule is CCNC(=NCC1(CCO)CCCCC1)NCC(C)N1CCN(C)CC1. The lowest BCUT2D eigenvalue weighted by atomic mass is 9.72. The Bertz CT molecular complexity index is 409. The molecule has 1 atom stereocenters. The number of likely N-dealkylation sites (N-methyl/N-ethyl adjacent to an activating group) is 1. The Morgan fingerprint density at radius 3 is 2.42 bits per heavy atom. The number of rotatable bonds is 8. The molecule has 6 nitrogen and oxygen atoms in total. The molecule has 0 aromatic rings. The van der Waals surface area contributed by atoms with Gasteiger partial charge in [-0.15, -0.1) is 0 Å². The molecule has 152 valence electrons. The monoisotopic (exact) mass is 367 g/mol. The molecule has 6 heteroatoms. The van der Waals surface area contributed by atoms with Crippen molar-refractivity contribution in [3.05, 3.63) is 0 Å². The topological polar surface area (TPSA) is 63.1 Å². The highest BCUT2D eigenvalue weighted by molar-refractivity contribution is 5.79. The first kappa shape index (κ1) is 21.5. The van der Waals surface area contributed by atoms with Crippen LogP contribution in [0.3, 0.4) is 0 Å². The number of guanidine groups is 1. The lowest BCUT2D eigenvalue weighted by molar-refractivity contribution is 0.120. The van der Waals surface area contributed by atoms with Gasteiger partial charge in [0.1, 0.15) is 0 Å². The number of aliphatic hydroxyl groups excluding tert-OH is 1. The number of hydrogen-bond donors (Lipinski definition) is 3. The fourth-order valence-electron chi connectivity index (χ4n) is 4.25. The quantitative estimate of drug-likeness (QED) is 0.448. The van der Waals surface area contributed by atoms with Crippen molar-refractivity contribution >= 4 is 5.96 Å². The fourth-order valence-corrected chi connectivity index (χ4v) is 4.25. The van der Waals surface area contributed by atoms with E-state index in [9.17, 15) is 5.11 Å². The summed E-state index contributed by atoms with van der Waals surface area (Å²) in [6.07, 6.45) is 7.17. The van der Waals surface area contributed by atoms with E-state index in [0.29, 0.717) is 6.04 Å². The van der Waals surface area contributed by atoms with E-state index in [-0.39, 0.29) is 12.0 Å². The molecule has 1 saturated carbocycles. The molecule has 0 aromatic carbocycles. The normalized spacial score (nSPS) is 23.6. The molecule has 2 aliphatic rings. The highest BCUT2D eigenvalue weighted by atomic mass is 16.3. The highest BCUT2D eigenvalue weighted by Gasteiger charge is 2.31. The molecule has 2 rings (SSSR count). The number of piperazine rings is 1. The van der Waals surface area contributed by atoms with Crippen LogP contribution in [0.2, 0.25) is 0 Å². The standard InChI is InChI=1S/C20H41N5O/c1-4-21-19(22-16-18(2)25-13-11-24(3)12-14-25)23-17-20(10-15-26)8-6-5-7-9-20/h18,26H,4-17H2,1-3H3,(H2,21,22,23). The van der Waals surface area contributed by atoms with Crippen molar-refractivity contribution in [1.29, 1.82) is 0 Å². The van der Waals surface area contributed by atoms with Gasteiger partial charge in [-0.1, -0.05) is 19.3 Å². The summed E-state index contributed by atoms with van der Waals surface area (Å²) in [5.41, 5.74) is 0.207. The van der Waals surface area contributed by atoms with Gasteiger partial charge in [0.05, 0.1) is 0 Å². The molecule has 0 spiro atoms. The zero-order chi connectivity index (χ0) is 18.8. The minimum atomic E-state index is 0.207. The number of aliphatic hydroxyl groups is 1. The van der Waals surface area contributed by atoms with Crippen LogP contribution in [0.15, 0.2) is 4.99 Å². The van der Waals surface area contributed by atoms with Gasteiger partial charge >= 0.3 is 0 Å². The third kappa shape index (κ3) is 6.71. The van der Waals surface area contributed by atoms with E-state index in [2.05, 4.69) is 41.3 Å². The van der Waals surface area contributed by atoms with E-state index in [1.54, 1.807) is 0 Å². The van der Waals surface area contributed by atoms with Crippen molar-refractivity contribution in [2.24, 2.45) is 10.4 Å². The van der Waals surface area contributed by atoms with Crippen LogP contribution in [0.4, 0.5) is 0 Å². The first-order valence-electron chi connectivity index (χ1n) is 10.6. The predicted octanol–water partition coefficient (Wildman–Crippen LogP) is 1.51. The van der Waals surface area contributed by atoms with Crippen LogP contribution < -0.4 is 10.6 Å². The third-order valence-electron chi connectivity index (χ3n) is 6.20. The van der Waals surface area contributed by atoms with Gasteiger partial charge in [-0.2, -0.15) is 0 Å². The Morgan fingerprint density at radius 1 is 1.12 bits per heavy atom. The number of aliphatic imine (C=N–C) groups is 1. The third-order valence-corrected chi connectivity index (χ3v) is 6.20. The Balaban J connectivity index is 1.86. The average molecular weight is 368 g/mol. The average Bonchev–Trinajstić information content (AvgIpc) is 2.65. The van der Waals surface area contributed by atoms with Gasteiger partial charge in [0.25, 0.3) is 0 Å². The van der Waals surface area contributed by atoms with Crippen molar-refractivity contribution in [2.45, 2.75) is 58.4 Å². The molecule has 1 unspecified atom stereocenters. The summed E-state index contributed by atoms with van der Waals surface area (Å²) in [7, 11) is 2.20. The van der Waals surface area contributed by atoms with Crippen molar-refractivity contribution in [2.75, 3.05) is 59.5 Å². The summed E-state index contributed by atoms with van der Waals surface area (Å²) in [5, 5.41) is 16.4. The van der Waals surface area contributed by atoms with Crippen LogP contribution in [0.1, 0.15) is 52.4 Å². The van der Waals surface area contributed by atoms with Crippen molar-refractivity contribution in [1.82, 2.24) is 20.4 Å². The zero-order valence-corrected chi connectivity index (χ0v) is 17.3. The first-order valence-corrected chi connectivity index (χ1v) is 10.6. The van der Waals surface area contributed by atoms with Crippen LogP contribution >= 0.6 is 0 Å². The van der Waals surface area contributed by atoms with E-state index in [4.69, 9.17) is 4.99 Å². The molecule has 2 fully saturated rings. The van der Waals surface area contributed by atoms with Crippen molar-refractivity contribution in [3.8, 4) is 0 Å². The van der Waals surface area contributed by atoms with Crippen molar-refractivity contribution < 1.29 is 5.11 Å². The molecule has 0 bridgehead atoms. The maximum atomic E-state index is 9.50. The van der Waals surface area contributed by atoms with Crippen LogP contribution in [0, 0.1) is 5.41 Å². The lowest BCUT2D eigenvalue weighted by Gasteiger charge is -2.37. The van der Waals surface area contributed by atoms with Crippen LogP contribution in [0.25, 0.3) is 0 Å². The molecule has 0 amide bonds. The van der Waals surface area contributed by atoms with Gasteiger partial charge < -0.3 is 20.6 Å². The van der Waals surface area contributed by atoms with Crippen LogP contribution in [-0.2, 0) is 0 Å². The van der Waals surface area contributed by atoms with Crippen LogP contribution in [0.5, 0.6) is 0 Å². The first-order chi connectivity index (χ1) is 12.6. The number of nitrogens with one attached hydrogen (secondary N) is 2. The smallest absolute Gasteiger partial charge is 0.191 e. The van der Waals surface area contributed by atoms with E-state index in [1.165, 1.54) is 32.1 Å². The van der Waals surface area contributed by atoms with Gasteiger partial charge in [-0.05, 0) is 45.6 Å². The fraction of sp³-hybridized carbons (Fsp3) is 0.950. The molecule has 1 saturated heterocycles. The van der Waals surface area contributed by atoms with Gasteiger partial charge in [0, 0.05) is 58.5 Å². The van der Waals surface area contributed by atoms with Crippen molar-refractivity contribution in [3.63, 3.8) is 0 Å². The predicted molar refractivity (Wildman–Crippen MR) is 110 cm³/mol. The molecule has 26 heavy (non-hydrogen) atoms.